The second kappa shape index (κ2) is 5.37. The van der Waals surface area contributed by atoms with Crippen LogP contribution in [0.3, 0.4) is 0 Å². The van der Waals surface area contributed by atoms with Crippen molar-refractivity contribution in [3.63, 3.8) is 0 Å². The summed E-state index contributed by atoms with van der Waals surface area (Å²) in [6.07, 6.45) is 3.86. The molecule has 0 aromatic carbocycles. The first-order valence-corrected chi connectivity index (χ1v) is 7.23. The van der Waals surface area contributed by atoms with Crippen molar-refractivity contribution in [3.8, 4) is 0 Å². The molecule has 1 aromatic rings. The summed E-state index contributed by atoms with van der Waals surface area (Å²) >= 11 is 4.97. The summed E-state index contributed by atoms with van der Waals surface area (Å²) < 4.78 is 0.764. The molecule has 1 fully saturated rings. The van der Waals surface area contributed by atoms with Gasteiger partial charge in [0.05, 0.1) is 11.2 Å². The highest BCUT2D eigenvalue weighted by atomic mass is 79.9. The van der Waals surface area contributed by atoms with E-state index in [9.17, 15) is 9.90 Å². The fourth-order valence-corrected chi connectivity index (χ4v) is 3.28. The Hall–Kier alpha value is -0.590. The van der Waals surface area contributed by atoms with E-state index < -0.39 is 5.60 Å². The minimum atomic E-state index is -0.750. The van der Waals surface area contributed by atoms with E-state index >= 15 is 0 Å². The Morgan fingerprint density at radius 2 is 2.47 bits per heavy atom. The third kappa shape index (κ3) is 3.43. The lowest BCUT2D eigenvalue weighted by Crippen LogP contribution is -2.42. The third-order valence-electron chi connectivity index (χ3n) is 2.63. The Labute approximate surface area is 112 Å². The van der Waals surface area contributed by atoms with Gasteiger partial charge in [-0.25, -0.2) is 0 Å². The fraction of sp³-hybridized carbons (Fsp3) is 0.455. The number of halogens is 1. The molecule has 1 amide bonds. The largest absolute Gasteiger partial charge is 0.387 e. The number of thioether (sulfide) groups is 1. The maximum atomic E-state index is 11.8. The first kappa shape index (κ1) is 12.9. The highest BCUT2D eigenvalue weighted by Gasteiger charge is 2.32. The molecule has 1 atom stereocenters. The Morgan fingerprint density at radius 3 is 3.12 bits per heavy atom. The molecule has 2 heterocycles. The van der Waals surface area contributed by atoms with Gasteiger partial charge in [-0.15, -0.1) is 0 Å². The standard InChI is InChI=1S/C11H13BrN2O2S/c12-9-3-8(4-13-5-9)10(15)14-6-11(16)1-2-17-7-11/h3-5,16H,1-2,6-7H2,(H,14,15)/t11-/m0/s1. The summed E-state index contributed by atoms with van der Waals surface area (Å²) in [7, 11) is 0. The highest BCUT2D eigenvalue weighted by Crippen LogP contribution is 2.27. The number of rotatable bonds is 3. The predicted molar refractivity (Wildman–Crippen MR) is 71.2 cm³/mol. The molecule has 0 radical (unpaired) electrons. The van der Waals surface area contributed by atoms with E-state index in [0.29, 0.717) is 17.9 Å². The van der Waals surface area contributed by atoms with Crippen molar-refractivity contribution in [2.75, 3.05) is 18.1 Å². The smallest absolute Gasteiger partial charge is 0.252 e. The number of nitrogens with zero attached hydrogens (tertiary/aromatic N) is 1. The number of hydrogen-bond donors (Lipinski definition) is 2. The minimum absolute atomic E-state index is 0.205. The molecule has 1 aromatic heterocycles. The van der Waals surface area contributed by atoms with Crippen molar-refractivity contribution in [2.24, 2.45) is 0 Å². The van der Waals surface area contributed by atoms with Crippen molar-refractivity contribution in [2.45, 2.75) is 12.0 Å². The van der Waals surface area contributed by atoms with Crippen LogP contribution in [0.15, 0.2) is 22.9 Å². The van der Waals surface area contributed by atoms with Crippen LogP contribution in [0.1, 0.15) is 16.8 Å². The molecule has 0 spiro atoms. The van der Waals surface area contributed by atoms with Gasteiger partial charge in [-0.3, -0.25) is 9.78 Å². The Kier molecular flexibility index (Phi) is 4.06. The summed E-state index contributed by atoms with van der Waals surface area (Å²) in [6.45, 7) is 0.297. The van der Waals surface area contributed by atoms with Crippen LogP contribution < -0.4 is 5.32 Å². The van der Waals surface area contributed by atoms with Gasteiger partial charge < -0.3 is 10.4 Å². The maximum Gasteiger partial charge on any atom is 0.252 e. The van der Waals surface area contributed by atoms with Gasteiger partial charge in [-0.1, -0.05) is 0 Å². The second-order valence-electron chi connectivity index (χ2n) is 4.10. The monoisotopic (exact) mass is 316 g/mol. The average molecular weight is 317 g/mol. The van der Waals surface area contributed by atoms with Crippen LogP contribution >= 0.6 is 27.7 Å². The zero-order valence-corrected chi connectivity index (χ0v) is 11.6. The molecule has 17 heavy (non-hydrogen) atoms. The molecule has 2 N–H and O–H groups in total. The predicted octanol–water partition coefficient (Wildman–Crippen LogP) is 1.44. The van der Waals surface area contributed by atoms with E-state index in [1.165, 1.54) is 6.20 Å². The van der Waals surface area contributed by atoms with E-state index in [1.54, 1.807) is 24.0 Å². The lowest BCUT2D eigenvalue weighted by Gasteiger charge is -2.21. The summed E-state index contributed by atoms with van der Waals surface area (Å²) in [4.78, 5) is 15.7. The van der Waals surface area contributed by atoms with Crippen LogP contribution in [-0.2, 0) is 0 Å². The first-order chi connectivity index (χ1) is 8.09. The van der Waals surface area contributed by atoms with Crippen LogP contribution in [-0.4, -0.2) is 39.6 Å². The maximum absolute atomic E-state index is 11.8. The van der Waals surface area contributed by atoms with E-state index in [-0.39, 0.29) is 5.91 Å². The van der Waals surface area contributed by atoms with Crippen molar-refractivity contribution in [1.82, 2.24) is 10.3 Å². The number of aliphatic hydroxyl groups is 1. The molecule has 0 bridgehead atoms. The normalized spacial score (nSPS) is 23.6. The molecule has 2 rings (SSSR count). The van der Waals surface area contributed by atoms with Crippen LogP contribution in [0.5, 0.6) is 0 Å². The number of aromatic nitrogens is 1. The summed E-state index contributed by atoms with van der Waals surface area (Å²) in [5.41, 5.74) is -0.256. The van der Waals surface area contributed by atoms with Crippen LogP contribution in [0.2, 0.25) is 0 Å². The lowest BCUT2D eigenvalue weighted by molar-refractivity contribution is 0.0612. The summed E-state index contributed by atoms with van der Waals surface area (Å²) in [5, 5.41) is 12.8. The zero-order valence-electron chi connectivity index (χ0n) is 9.15. The second-order valence-corrected chi connectivity index (χ2v) is 6.12. The number of pyridine rings is 1. The molecule has 0 saturated carbocycles. The average Bonchev–Trinajstić information content (AvgIpc) is 2.74. The number of hydrogen-bond acceptors (Lipinski definition) is 4. The van der Waals surface area contributed by atoms with Crippen molar-refractivity contribution in [1.29, 1.82) is 0 Å². The molecule has 1 aliphatic rings. The molecule has 0 aliphatic carbocycles. The molecule has 6 heteroatoms. The molecule has 1 saturated heterocycles. The highest BCUT2D eigenvalue weighted by molar-refractivity contribution is 9.10. The minimum Gasteiger partial charge on any atom is -0.387 e. The van der Waals surface area contributed by atoms with E-state index in [2.05, 4.69) is 26.2 Å². The van der Waals surface area contributed by atoms with Gasteiger partial charge in [0.15, 0.2) is 0 Å². The van der Waals surface area contributed by atoms with E-state index in [0.717, 1.165) is 16.6 Å². The quantitative estimate of drug-likeness (QED) is 0.886. The number of carbonyl (C=O) groups excluding carboxylic acids is 1. The van der Waals surface area contributed by atoms with Crippen molar-refractivity contribution in [3.05, 3.63) is 28.5 Å². The van der Waals surface area contributed by atoms with Crippen LogP contribution in [0.4, 0.5) is 0 Å². The topological polar surface area (TPSA) is 62.2 Å². The van der Waals surface area contributed by atoms with Gasteiger partial charge in [-0.05, 0) is 34.2 Å². The van der Waals surface area contributed by atoms with Crippen molar-refractivity contribution >= 4 is 33.6 Å². The lowest BCUT2D eigenvalue weighted by atomic mass is 10.0. The fourth-order valence-electron chi connectivity index (χ4n) is 1.62. The first-order valence-electron chi connectivity index (χ1n) is 5.28. The summed E-state index contributed by atoms with van der Waals surface area (Å²) in [6, 6.07) is 1.70. The molecule has 0 unspecified atom stereocenters. The SMILES string of the molecule is O=C(NC[C@@]1(O)CCSC1)c1cncc(Br)c1. The molecule has 1 aliphatic heterocycles. The van der Waals surface area contributed by atoms with Crippen LogP contribution in [0, 0.1) is 0 Å². The molecular formula is C11H13BrN2O2S. The van der Waals surface area contributed by atoms with Gasteiger partial charge in [-0.2, -0.15) is 11.8 Å². The number of nitrogens with one attached hydrogen (secondary N) is 1. The van der Waals surface area contributed by atoms with Gasteiger partial charge in [0.2, 0.25) is 0 Å². The Bertz CT molecular complexity index is 422. The third-order valence-corrected chi connectivity index (χ3v) is 4.30. The van der Waals surface area contributed by atoms with Gasteiger partial charge in [0, 0.05) is 29.2 Å². The number of carbonyl (C=O) groups is 1. The Balaban J connectivity index is 1.93. The zero-order chi connectivity index (χ0) is 12.3. The van der Waals surface area contributed by atoms with E-state index in [1.807, 2.05) is 0 Å². The summed E-state index contributed by atoms with van der Waals surface area (Å²) in [5.74, 6) is 1.43. The van der Waals surface area contributed by atoms with Gasteiger partial charge >= 0.3 is 0 Å². The molecule has 4 nitrogen and oxygen atoms in total. The van der Waals surface area contributed by atoms with Crippen LogP contribution in [0.25, 0.3) is 0 Å². The molecular weight excluding hydrogens is 304 g/mol. The van der Waals surface area contributed by atoms with E-state index in [4.69, 9.17) is 0 Å². The molecule has 92 valence electrons. The Morgan fingerprint density at radius 1 is 1.65 bits per heavy atom. The van der Waals surface area contributed by atoms with Gasteiger partial charge in [0.25, 0.3) is 5.91 Å². The number of amides is 1. The van der Waals surface area contributed by atoms with Gasteiger partial charge in [0.1, 0.15) is 0 Å². The van der Waals surface area contributed by atoms with Crippen molar-refractivity contribution < 1.29 is 9.90 Å².